The molecule has 1 saturated heterocycles. The van der Waals surface area contributed by atoms with Crippen LogP contribution in [0, 0.1) is 0 Å². The van der Waals surface area contributed by atoms with Gasteiger partial charge >= 0.3 is 6.03 Å². The average Bonchev–Trinajstić information content (AvgIpc) is 3.05. The lowest BCUT2D eigenvalue weighted by molar-refractivity contribution is 0.122. The van der Waals surface area contributed by atoms with E-state index in [9.17, 15) is 4.79 Å². The number of ether oxygens (including phenoxy) is 1. The van der Waals surface area contributed by atoms with Crippen molar-refractivity contribution >= 4 is 34.8 Å². The molecule has 2 aromatic rings. The first-order valence-corrected chi connectivity index (χ1v) is 9.32. The first kappa shape index (κ1) is 18.0. The molecule has 8 heteroatoms. The van der Waals surface area contributed by atoms with E-state index in [1.165, 1.54) is 11.3 Å². The molecule has 0 aromatic carbocycles. The van der Waals surface area contributed by atoms with Gasteiger partial charge in [0.15, 0.2) is 0 Å². The lowest BCUT2D eigenvalue weighted by atomic mass is 10.2. The summed E-state index contributed by atoms with van der Waals surface area (Å²) in [5.74, 6) is 0.916. The number of nitrogens with zero attached hydrogens (tertiary/aromatic N) is 3. The van der Waals surface area contributed by atoms with Gasteiger partial charge in [-0.1, -0.05) is 17.7 Å². The molecule has 0 bridgehead atoms. The maximum Gasteiger partial charge on any atom is 0.317 e. The van der Waals surface area contributed by atoms with Crippen LogP contribution in [0.3, 0.4) is 0 Å². The Balaban J connectivity index is 1.58. The van der Waals surface area contributed by atoms with E-state index in [1.807, 2.05) is 24.3 Å². The number of amides is 2. The molecule has 25 heavy (non-hydrogen) atoms. The molecule has 1 N–H and O–H groups in total. The van der Waals surface area contributed by atoms with Gasteiger partial charge in [-0.25, -0.2) is 9.78 Å². The topological polar surface area (TPSA) is 57.7 Å². The van der Waals surface area contributed by atoms with E-state index in [4.69, 9.17) is 16.3 Å². The Labute approximate surface area is 156 Å². The molecule has 0 saturated carbocycles. The van der Waals surface area contributed by atoms with E-state index >= 15 is 0 Å². The lowest BCUT2D eigenvalue weighted by Gasteiger charge is -2.29. The number of morpholine rings is 1. The van der Waals surface area contributed by atoms with E-state index in [0.29, 0.717) is 26.3 Å². The number of carbonyl (C=O) groups excluding carboxylic acids is 1. The van der Waals surface area contributed by atoms with Crippen LogP contribution >= 0.6 is 22.9 Å². The molecule has 2 aromatic heterocycles. The van der Waals surface area contributed by atoms with Gasteiger partial charge in [0.25, 0.3) is 0 Å². The highest BCUT2D eigenvalue weighted by Crippen LogP contribution is 2.22. The van der Waals surface area contributed by atoms with Crippen LogP contribution in [0.15, 0.2) is 30.5 Å². The molecular formula is C17H21ClN4O2S. The van der Waals surface area contributed by atoms with Crippen LogP contribution < -0.4 is 10.2 Å². The molecule has 0 aliphatic carbocycles. The number of aromatic nitrogens is 1. The summed E-state index contributed by atoms with van der Waals surface area (Å²) >= 11 is 7.42. The van der Waals surface area contributed by atoms with Crippen LogP contribution in [-0.2, 0) is 17.8 Å². The Morgan fingerprint density at radius 2 is 2.20 bits per heavy atom. The third-order valence-corrected chi connectivity index (χ3v) is 5.19. The maximum atomic E-state index is 12.3. The van der Waals surface area contributed by atoms with Crippen LogP contribution in [0.25, 0.3) is 0 Å². The fraction of sp³-hybridized carbons (Fsp3) is 0.412. The standard InChI is InChI=1S/C17H21ClN4O2S/c1-21(12-14-4-5-15(18)25-14)17(23)20-11-13-3-2-6-19-16(13)22-7-9-24-10-8-22/h2-6H,7-12H2,1H3,(H,20,23). The van der Waals surface area contributed by atoms with Crippen molar-refractivity contribution in [1.29, 1.82) is 0 Å². The highest BCUT2D eigenvalue weighted by atomic mass is 35.5. The smallest absolute Gasteiger partial charge is 0.317 e. The number of carbonyl (C=O) groups is 1. The predicted molar refractivity (Wildman–Crippen MR) is 100 cm³/mol. The number of nitrogens with one attached hydrogen (secondary N) is 1. The van der Waals surface area contributed by atoms with E-state index in [1.54, 1.807) is 18.1 Å². The molecule has 134 valence electrons. The quantitative estimate of drug-likeness (QED) is 0.866. The fourth-order valence-corrected chi connectivity index (χ4v) is 3.82. The Morgan fingerprint density at radius 1 is 1.40 bits per heavy atom. The van der Waals surface area contributed by atoms with Crippen LogP contribution in [-0.4, -0.2) is 49.3 Å². The second-order valence-electron chi connectivity index (χ2n) is 5.81. The molecule has 6 nitrogen and oxygen atoms in total. The summed E-state index contributed by atoms with van der Waals surface area (Å²) in [7, 11) is 1.77. The number of halogens is 1. The summed E-state index contributed by atoms with van der Waals surface area (Å²) in [5.41, 5.74) is 1.00. The summed E-state index contributed by atoms with van der Waals surface area (Å²) in [4.78, 5) is 21.7. The fourth-order valence-electron chi connectivity index (χ4n) is 2.68. The molecule has 2 amide bonds. The molecular weight excluding hydrogens is 360 g/mol. The van der Waals surface area contributed by atoms with Crippen LogP contribution in [0.2, 0.25) is 4.34 Å². The number of anilines is 1. The normalized spacial score (nSPS) is 14.4. The molecule has 1 fully saturated rings. The van der Waals surface area contributed by atoms with Crippen molar-refractivity contribution in [3.8, 4) is 0 Å². The van der Waals surface area contributed by atoms with Gasteiger partial charge in [-0.3, -0.25) is 0 Å². The van der Waals surface area contributed by atoms with E-state index in [0.717, 1.165) is 33.7 Å². The van der Waals surface area contributed by atoms with E-state index in [-0.39, 0.29) is 6.03 Å². The Morgan fingerprint density at radius 3 is 2.92 bits per heavy atom. The number of pyridine rings is 1. The number of rotatable bonds is 5. The monoisotopic (exact) mass is 380 g/mol. The lowest BCUT2D eigenvalue weighted by Crippen LogP contribution is -2.39. The zero-order valence-corrected chi connectivity index (χ0v) is 15.6. The number of hydrogen-bond acceptors (Lipinski definition) is 5. The Hall–Kier alpha value is -1.83. The third kappa shape index (κ3) is 4.84. The third-order valence-electron chi connectivity index (χ3n) is 3.98. The van der Waals surface area contributed by atoms with Gasteiger partial charge in [-0.05, 0) is 18.2 Å². The average molecular weight is 381 g/mol. The van der Waals surface area contributed by atoms with Crippen molar-refractivity contribution < 1.29 is 9.53 Å². The van der Waals surface area contributed by atoms with Crippen molar-refractivity contribution in [2.45, 2.75) is 13.1 Å². The van der Waals surface area contributed by atoms with Gasteiger partial charge < -0.3 is 19.9 Å². The minimum atomic E-state index is -0.124. The molecule has 0 radical (unpaired) electrons. The second-order valence-corrected chi connectivity index (χ2v) is 7.61. The van der Waals surface area contributed by atoms with Crippen molar-refractivity contribution in [2.75, 3.05) is 38.3 Å². The second kappa shape index (κ2) is 8.51. The van der Waals surface area contributed by atoms with Gasteiger partial charge in [-0.15, -0.1) is 11.3 Å². The van der Waals surface area contributed by atoms with Crippen LogP contribution in [0.5, 0.6) is 0 Å². The molecule has 3 heterocycles. The molecule has 0 spiro atoms. The highest BCUT2D eigenvalue weighted by Gasteiger charge is 2.17. The number of hydrogen-bond donors (Lipinski definition) is 1. The van der Waals surface area contributed by atoms with Crippen molar-refractivity contribution in [3.63, 3.8) is 0 Å². The number of thiophene rings is 1. The summed E-state index contributed by atoms with van der Waals surface area (Å²) in [6.07, 6.45) is 1.78. The molecule has 3 rings (SSSR count). The largest absolute Gasteiger partial charge is 0.378 e. The first-order chi connectivity index (χ1) is 12.1. The van der Waals surface area contributed by atoms with Gasteiger partial charge in [-0.2, -0.15) is 0 Å². The summed E-state index contributed by atoms with van der Waals surface area (Å²) in [6.45, 7) is 4.01. The predicted octanol–water partition coefficient (Wildman–Crippen LogP) is 2.97. The van der Waals surface area contributed by atoms with Crippen molar-refractivity contribution in [1.82, 2.24) is 15.2 Å². The van der Waals surface area contributed by atoms with Crippen LogP contribution in [0.4, 0.5) is 10.6 Å². The highest BCUT2D eigenvalue weighted by molar-refractivity contribution is 7.16. The SMILES string of the molecule is CN(Cc1ccc(Cl)s1)C(=O)NCc1cccnc1N1CCOCC1. The number of urea groups is 1. The Kier molecular flexibility index (Phi) is 6.12. The molecule has 0 atom stereocenters. The van der Waals surface area contributed by atoms with Crippen molar-refractivity contribution in [3.05, 3.63) is 45.2 Å². The zero-order chi connectivity index (χ0) is 17.6. The summed E-state index contributed by atoms with van der Waals surface area (Å²) in [6, 6.07) is 7.55. The summed E-state index contributed by atoms with van der Waals surface area (Å²) in [5, 5.41) is 2.97. The van der Waals surface area contributed by atoms with Gasteiger partial charge in [0, 0.05) is 43.3 Å². The molecule has 1 aliphatic heterocycles. The van der Waals surface area contributed by atoms with Crippen molar-refractivity contribution in [2.24, 2.45) is 0 Å². The maximum absolute atomic E-state index is 12.3. The Bertz CT molecular complexity index is 718. The van der Waals surface area contributed by atoms with Gasteiger partial charge in [0.2, 0.25) is 0 Å². The van der Waals surface area contributed by atoms with E-state index in [2.05, 4.69) is 15.2 Å². The molecule has 0 unspecified atom stereocenters. The van der Waals surface area contributed by atoms with Gasteiger partial charge in [0.1, 0.15) is 5.82 Å². The van der Waals surface area contributed by atoms with Gasteiger partial charge in [0.05, 0.1) is 24.1 Å². The first-order valence-electron chi connectivity index (χ1n) is 8.13. The minimum absolute atomic E-state index is 0.124. The summed E-state index contributed by atoms with van der Waals surface area (Å²) < 4.78 is 6.13. The van der Waals surface area contributed by atoms with E-state index < -0.39 is 0 Å². The minimum Gasteiger partial charge on any atom is -0.378 e. The zero-order valence-electron chi connectivity index (χ0n) is 14.1. The van der Waals surface area contributed by atoms with Crippen LogP contribution in [0.1, 0.15) is 10.4 Å². The molecule has 1 aliphatic rings.